The van der Waals surface area contributed by atoms with E-state index in [2.05, 4.69) is 4.98 Å². The standard InChI is InChI=1S/C11H8ClNO3/c1-5-7-4-6(12)2-3-8(7)13-10(14)9(5)11(15)16/h2-4H,1H3,(H,13,14)(H,15,16). The van der Waals surface area contributed by atoms with Crippen molar-refractivity contribution in [3.05, 3.63) is 44.7 Å². The van der Waals surface area contributed by atoms with Crippen LogP contribution in [0.15, 0.2) is 23.0 Å². The largest absolute Gasteiger partial charge is 0.477 e. The van der Waals surface area contributed by atoms with Crippen LogP contribution in [0.3, 0.4) is 0 Å². The maximum atomic E-state index is 11.5. The molecule has 0 fully saturated rings. The first-order valence-electron chi connectivity index (χ1n) is 4.56. The zero-order valence-electron chi connectivity index (χ0n) is 8.37. The number of fused-ring (bicyclic) bond motifs is 1. The summed E-state index contributed by atoms with van der Waals surface area (Å²) in [6, 6.07) is 4.92. The molecule has 0 amide bonds. The van der Waals surface area contributed by atoms with Gasteiger partial charge in [-0.3, -0.25) is 4.79 Å². The van der Waals surface area contributed by atoms with E-state index in [1.165, 1.54) is 0 Å². The zero-order chi connectivity index (χ0) is 11.9. The molecule has 4 nitrogen and oxygen atoms in total. The number of aromatic nitrogens is 1. The van der Waals surface area contributed by atoms with Gasteiger partial charge in [-0.05, 0) is 30.7 Å². The van der Waals surface area contributed by atoms with Crippen LogP contribution in [0.1, 0.15) is 15.9 Å². The van der Waals surface area contributed by atoms with Gasteiger partial charge in [0.1, 0.15) is 5.56 Å². The number of benzene rings is 1. The number of halogens is 1. The van der Waals surface area contributed by atoms with E-state index in [4.69, 9.17) is 16.7 Å². The third-order valence-electron chi connectivity index (χ3n) is 2.45. The predicted octanol–water partition coefficient (Wildman–Crippen LogP) is 2.19. The van der Waals surface area contributed by atoms with Gasteiger partial charge in [0.15, 0.2) is 0 Å². The van der Waals surface area contributed by atoms with Gasteiger partial charge in [-0.2, -0.15) is 0 Å². The molecule has 2 N–H and O–H groups in total. The van der Waals surface area contributed by atoms with E-state index in [0.717, 1.165) is 0 Å². The Labute approximate surface area is 95.5 Å². The number of aromatic carboxylic acids is 1. The molecule has 1 aromatic heterocycles. The molecule has 0 aliphatic rings. The summed E-state index contributed by atoms with van der Waals surface area (Å²) in [5, 5.41) is 10.1. The van der Waals surface area contributed by atoms with E-state index in [1.807, 2.05) is 0 Å². The Kier molecular flexibility index (Phi) is 2.44. The highest BCUT2D eigenvalue weighted by atomic mass is 35.5. The molecular weight excluding hydrogens is 230 g/mol. The third-order valence-corrected chi connectivity index (χ3v) is 2.68. The summed E-state index contributed by atoms with van der Waals surface area (Å²) in [5.74, 6) is -1.24. The van der Waals surface area contributed by atoms with Crippen molar-refractivity contribution in [3.63, 3.8) is 0 Å². The van der Waals surface area contributed by atoms with Gasteiger partial charge in [0, 0.05) is 15.9 Å². The average Bonchev–Trinajstić information content (AvgIpc) is 2.19. The summed E-state index contributed by atoms with van der Waals surface area (Å²) in [4.78, 5) is 24.9. The fourth-order valence-corrected chi connectivity index (χ4v) is 1.86. The highest BCUT2D eigenvalue weighted by molar-refractivity contribution is 6.31. The SMILES string of the molecule is Cc1c(C(=O)O)c(=O)[nH]c2ccc(Cl)cc12. The van der Waals surface area contributed by atoms with Crippen LogP contribution in [-0.4, -0.2) is 16.1 Å². The number of H-pyrrole nitrogens is 1. The smallest absolute Gasteiger partial charge is 0.341 e. The molecule has 16 heavy (non-hydrogen) atoms. The Balaban J connectivity index is 2.96. The van der Waals surface area contributed by atoms with Gasteiger partial charge in [-0.15, -0.1) is 0 Å². The molecule has 2 rings (SSSR count). The number of rotatable bonds is 1. The number of aryl methyl sites for hydroxylation is 1. The zero-order valence-corrected chi connectivity index (χ0v) is 9.13. The van der Waals surface area contributed by atoms with Crippen molar-refractivity contribution < 1.29 is 9.90 Å². The Morgan fingerprint density at radius 3 is 2.75 bits per heavy atom. The van der Waals surface area contributed by atoms with Gasteiger partial charge in [0.25, 0.3) is 5.56 Å². The van der Waals surface area contributed by atoms with Crippen molar-refractivity contribution in [3.8, 4) is 0 Å². The lowest BCUT2D eigenvalue weighted by molar-refractivity contribution is 0.0694. The van der Waals surface area contributed by atoms with E-state index in [9.17, 15) is 9.59 Å². The molecule has 0 saturated carbocycles. The molecule has 1 heterocycles. The van der Waals surface area contributed by atoms with Crippen molar-refractivity contribution >= 4 is 28.5 Å². The van der Waals surface area contributed by atoms with Crippen molar-refractivity contribution in [2.45, 2.75) is 6.92 Å². The van der Waals surface area contributed by atoms with Crippen LogP contribution in [0.5, 0.6) is 0 Å². The van der Waals surface area contributed by atoms with E-state index in [-0.39, 0.29) is 5.56 Å². The predicted molar refractivity (Wildman–Crippen MR) is 61.3 cm³/mol. The lowest BCUT2D eigenvalue weighted by Crippen LogP contribution is -2.19. The third kappa shape index (κ3) is 1.57. The minimum Gasteiger partial charge on any atom is -0.477 e. The van der Waals surface area contributed by atoms with Crippen molar-refractivity contribution in [2.24, 2.45) is 0 Å². The average molecular weight is 238 g/mol. The lowest BCUT2D eigenvalue weighted by Gasteiger charge is -2.05. The molecule has 0 radical (unpaired) electrons. The van der Waals surface area contributed by atoms with Gasteiger partial charge in [0.2, 0.25) is 0 Å². The van der Waals surface area contributed by atoms with Gasteiger partial charge in [-0.1, -0.05) is 11.6 Å². The fraction of sp³-hybridized carbons (Fsp3) is 0.0909. The van der Waals surface area contributed by atoms with Crippen LogP contribution in [0.4, 0.5) is 0 Å². The number of carboxylic acid groups (broad SMARTS) is 1. The molecule has 0 spiro atoms. The summed E-state index contributed by atoms with van der Waals surface area (Å²) in [7, 11) is 0. The van der Waals surface area contributed by atoms with Crippen molar-refractivity contribution in [1.29, 1.82) is 0 Å². The summed E-state index contributed by atoms with van der Waals surface area (Å²) < 4.78 is 0. The first-order chi connectivity index (χ1) is 7.50. The molecule has 0 saturated heterocycles. The van der Waals surface area contributed by atoms with Crippen LogP contribution in [0.25, 0.3) is 10.9 Å². The molecule has 82 valence electrons. The monoisotopic (exact) mass is 237 g/mol. The topological polar surface area (TPSA) is 70.2 Å². The first kappa shape index (κ1) is 10.7. The van der Waals surface area contributed by atoms with Crippen LogP contribution < -0.4 is 5.56 Å². The van der Waals surface area contributed by atoms with E-state index < -0.39 is 11.5 Å². The summed E-state index contributed by atoms with van der Waals surface area (Å²) in [5.41, 5.74) is 0.167. The van der Waals surface area contributed by atoms with Crippen LogP contribution >= 0.6 is 11.6 Å². The van der Waals surface area contributed by atoms with Gasteiger partial charge in [-0.25, -0.2) is 4.79 Å². The molecule has 0 aliphatic carbocycles. The highest BCUT2D eigenvalue weighted by Crippen LogP contribution is 2.21. The van der Waals surface area contributed by atoms with E-state index in [0.29, 0.717) is 21.5 Å². The summed E-state index contributed by atoms with van der Waals surface area (Å²) in [6.07, 6.45) is 0. The van der Waals surface area contributed by atoms with Gasteiger partial charge >= 0.3 is 5.97 Å². The molecule has 0 aliphatic heterocycles. The summed E-state index contributed by atoms with van der Waals surface area (Å²) in [6.45, 7) is 1.59. The van der Waals surface area contributed by atoms with Gasteiger partial charge < -0.3 is 10.1 Å². The normalized spacial score (nSPS) is 10.6. The molecule has 0 atom stereocenters. The summed E-state index contributed by atoms with van der Waals surface area (Å²) >= 11 is 5.82. The second-order valence-electron chi connectivity index (χ2n) is 3.45. The van der Waals surface area contributed by atoms with Crippen LogP contribution in [-0.2, 0) is 0 Å². The molecule has 2 aromatic rings. The Morgan fingerprint density at radius 1 is 1.44 bits per heavy atom. The number of hydrogen-bond acceptors (Lipinski definition) is 2. The number of nitrogens with one attached hydrogen (secondary N) is 1. The van der Waals surface area contributed by atoms with Crippen molar-refractivity contribution in [1.82, 2.24) is 4.98 Å². The first-order valence-corrected chi connectivity index (χ1v) is 4.94. The fourth-order valence-electron chi connectivity index (χ4n) is 1.68. The second-order valence-corrected chi connectivity index (χ2v) is 3.89. The number of hydrogen-bond donors (Lipinski definition) is 2. The van der Waals surface area contributed by atoms with Crippen LogP contribution in [0.2, 0.25) is 5.02 Å². The van der Waals surface area contributed by atoms with E-state index in [1.54, 1.807) is 25.1 Å². The second kappa shape index (κ2) is 3.64. The number of pyridine rings is 1. The minimum absolute atomic E-state index is 0.241. The lowest BCUT2D eigenvalue weighted by atomic mass is 10.1. The molecular formula is C11H8ClNO3. The maximum absolute atomic E-state index is 11.5. The Hall–Kier alpha value is -1.81. The number of aromatic amines is 1. The van der Waals surface area contributed by atoms with Gasteiger partial charge in [0.05, 0.1) is 0 Å². The minimum atomic E-state index is -1.24. The number of carbonyl (C=O) groups is 1. The number of carboxylic acids is 1. The maximum Gasteiger partial charge on any atom is 0.341 e. The van der Waals surface area contributed by atoms with E-state index >= 15 is 0 Å². The molecule has 1 aromatic carbocycles. The Bertz CT molecular complexity index is 645. The molecule has 5 heteroatoms. The quantitative estimate of drug-likeness (QED) is 0.799. The van der Waals surface area contributed by atoms with Crippen molar-refractivity contribution in [2.75, 3.05) is 0 Å². The van der Waals surface area contributed by atoms with Crippen LogP contribution in [0, 0.1) is 6.92 Å². The Morgan fingerprint density at radius 2 is 2.12 bits per heavy atom. The highest BCUT2D eigenvalue weighted by Gasteiger charge is 2.15. The molecule has 0 bridgehead atoms. The molecule has 0 unspecified atom stereocenters.